The van der Waals surface area contributed by atoms with Crippen LogP contribution in [0.25, 0.3) is 0 Å². The lowest BCUT2D eigenvalue weighted by Gasteiger charge is -2.22. The minimum Gasteiger partial charge on any atom is -0.379 e. The van der Waals surface area contributed by atoms with Gasteiger partial charge in [-0.3, -0.25) is 0 Å². The topological polar surface area (TPSA) is 18.5 Å². The van der Waals surface area contributed by atoms with Crippen molar-refractivity contribution in [1.29, 1.82) is 0 Å². The zero-order valence-electron chi connectivity index (χ0n) is 7.78. The predicted molar refractivity (Wildman–Crippen MR) is 38.3 cm³/mol. The summed E-state index contributed by atoms with van der Waals surface area (Å²) in [7, 11) is 0. The fourth-order valence-corrected chi connectivity index (χ4v) is 0.645. The highest BCUT2D eigenvalue weighted by Gasteiger charge is 2.58. The third-order valence-electron chi connectivity index (χ3n) is 1.31. The highest BCUT2D eigenvalue weighted by Crippen LogP contribution is 2.35. The molecule has 0 radical (unpaired) electrons. The zero-order chi connectivity index (χ0) is 12.1. The summed E-state index contributed by atoms with van der Waals surface area (Å²) in [6, 6.07) is 0. The third-order valence-corrected chi connectivity index (χ3v) is 1.31. The molecule has 1 unspecified atom stereocenters. The standard InChI is InChI=1S/C7H10F6O2/c1-2-14-3-4-15-7(12,13)5(8)6(9,10)11/h5H,2-4H2,1H3. The second-order valence-corrected chi connectivity index (χ2v) is 2.51. The predicted octanol–water partition coefficient (Wildman–Crippen LogP) is 2.53. The Morgan fingerprint density at radius 1 is 1.07 bits per heavy atom. The van der Waals surface area contributed by atoms with Gasteiger partial charge in [-0.25, -0.2) is 4.39 Å². The van der Waals surface area contributed by atoms with E-state index in [1.54, 1.807) is 6.92 Å². The van der Waals surface area contributed by atoms with Gasteiger partial charge in [0.25, 0.3) is 6.17 Å². The molecule has 0 aliphatic carbocycles. The van der Waals surface area contributed by atoms with Crippen LogP contribution in [0.3, 0.4) is 0 Å². The Bertz CT molecular complexity index is 181. The smallest absolute Gasteiger partial charge is 0.379 e. The molecule has 0 amide bonds. The number of alkyl halides is 6. The van der Waals surface area contributed by atoms with Gasteiger partial charge in [-0.15, -0.1) is 0 Å². The molecule has 15 heavy (non-hydrogen) atoms. The summed E-state index contributed by atoms with van der Waals surface area (Å²) in [6.45, 7) is 0.632. The Kier molecular flexibility index (Phi) is 5.36. The summed E-state index contributed by atoms with van der Waals surface area (Å²) in [5, 5.41) is 0. The van der Waals surface area contributed by atoms with Crippen molar-refractivity contribution in [3.05, 3.63) is 0 Å². The van der Waals surface area contributed by atoms with E-state index in [-0.39, 0.29) is 13.2 Å². The molecule has 2 nitrogen and oxygen atoms in total. The Hall–Kier alpha value is -0.500. The quantitative estimate of drug-likeness (QED) is 0.524. The molecule has 8 heteroatoms. The molecule has 0 aliphatic heterocycles. The molecule has 92 valence electrons. The molecular weight excluding hydrogens is 230 g/mol. The zero-order valence-corrected chi connectivity index (χ0v) is 7.78. The molecule has 0 aromatic carbocycles. The van der Waals surface area contributed by atoms with Crippen LogP contribution < -0.4 is 0 Å². The van der Waals surface area contributed by atoms with Gasteiger partial charge in [-0.05, 0) is 6.92 Å². The van der Waals surface area contributed by atoms with E-state index in [2.05, 4.69) is 9.47 Å². The minimum absolute atomic E-state index is 0.202. The van der Waals surface area contributed by atoms with Crippen molar-refractivity contribution in [2.75, 3.05) is 19.8 Å². The van der Waals surface area contributed by atoms with Crippen molar-refractivity contribution in [2.24, 2.45) is 0 Å². The van der Waals surface area contributed by atoms with E-state index in [1.165, 1.54) is 0 Å². The largest absolute Gasteiger partial charge is 0.428 e. The molecule has 0 heterocycles. The number of hydrogen-bond donors (Lipinski definition) is 0. The Morgan fingerprint density at radius 3 is 2.00 bits per heavy atom. The van der Waals surface area contributed by atoms with Crippen LogP contribution in [0.5, 0.6) is 0 Å². The minimum atomic E-state index is -5.64. The Labute approximate surface area is 82.1 Å². The highest BCUT2D eigenvalue weighted by atomic mass is 19.4. The Balaban J connectivity index is 4.05. The molecule has 0 bridgehead atoms. The van der Waals surface area contributed by atoms with Crippen molar-refractivity contribution in [1.82, 2.24) is 0 Å². The van der Waals surface area contributed by atoms with Crippen LogP contribution in [0.4, 0.5) is 26.3 Å². The number of hydrogen-bond acceptors (Lipinski definition) is 2. The van der Waals surface area contributed by atoms with E-state index < -0.39 is 25.1 Å². The normalized spacial score (nSPS) is 15.4. The molecule has 0 rings (SSSR count). The molecular formula is C7H10F6O2. The average molecular weight is 240 g/mol. The maximum Gasteiger partial charge on any atom is 0.428 e. The molecule has 0 N–H and O–H groups in total. The van der Waals surface area contributed by atoms with E-state index in [0.29, 0.717) is 0 Å². The number of ether oxygens (including phenoxy) is 2. The van der Waals surface area contributed by atoms with Gasteiger partial charge in [0.1, 0.15) is 0 Å². The van der Waals surface area contributed by atoms with Gasteiger partial charge in [0, 0.05) is 6.61 Å². The van der Waals surface area contributed by atoms with Crippen molar-refractivity contribution in [3.8, 4) is 0 Å². The van der Waals surface area contributed by atoms with Gasteiger partial charge in [0.2, 0.25) is 0 Å². The monoisotopic (exact) mass is 240 g/mol. The summed E-state index contributed by atoms with van der Waals surface area (Å²) in [6.07, 6.45) is -14.9. The van der Waals surface area contributed by atoms with Crippen LogP contribution in [0, 0.1) is 0 Å². The van der Waals surface area contributed by atoms with Gasteiger partial charge in [-0.2, -0.15) is 22.0 Å². The molecule has 0 fully saturated rings. The summed E-state index contributed by atoms with van der Waals surface area (Å²) >= 11 is 0. The van der Waals surface area contributed by atoms with Gasteiger partial charge < -0.3 is 9.47 Å². The highest BCUT2D eigenvalue weighted by molar-refractivity contribution is 4.75. The maximum absolute atomic E-state index is 12.4. The lowest BCUT2D eigenvalue weighted by molar-refractivity contribution is -0.337. The third kappa shape index (κ3) is 5.22. The second kappa shape index (κ2) is 5.55. The molecule has 1 atom stereocenters. The number of rotatable bonds is 6. The van der Waals surface area contributed by atoms with Crippen molar-refractivity contribution < 1.29 is 35.8 Å². The SMILES string of the molecule is CCOCCOC(F)(F)C(F)C(F)(F)F. The summed E-state index contributed by atoms with van der Waals surface area (Å²) in [4.78, 5) is 0. The van der Waals surface area contributed by atoms with E-state index in [4.69, 9.17) is 0 Å². The van der Waals surface area contributed by atoms with E-state index in [9.17, 15) is 26.3 Å². The van der Waals surface area contributed by atoms with E-state index in [1.807, 2.05) is 0 Å². The maximum atomic E-state index is 12.4. The molecule has 0 saturated carbocycles. The van der Waals surface area contributed by atoms with Crippen LogP contribution in [-0.2, 0) is 9.47 Å². The number of halogens is 6. The molecule has 0 aromatic rings. The molecule has 0 aromatic heterocycles. The van der Waals surface area contributed by atoms with Crippen LogP contribution in [-0.4, -0.2) is 38.3 Å². The Morgan fingerprint density at radius 2 is 1.60 bits per heavy atom. The lowest BCUT2D eigenvalue weighted by atomic mass is 10.3. The molecule has 0 saturated heterocycles. The van der Waals surface area contributed by atoms with Crippen LogP contribution >= 0.6 is 0 Å². The summed E-state index contributed by atoms with van der Waals surface area (Å²) in [5.74, 6) is 0. The van der Waals surface area contributed by atoms with Crippen LogP contribution in [0.15, 0.2) is 0 Å². The van der Waals surface area contributed by atoms with Crippen molar-refractivity contribution in [3.63, 3.8) is 0 Å². The lowest BCUT2D eigenvalue weighted by Crippen LogP contribution is -2.44. The first-order chi connectivity index (χ1) is 6.72. The second-order valence-electron chi connectivity index (χ2n) is 2.51. The first-order valence-corrected chi connectivity index (χ1v) is 4.02. The van der Waals surface area contributed by atoms with Crippen LogP contribution in [0.2, 0.25) is 0 Å². The van der Waals surface area contributed by atoms with Gasteiger partial charge in [-0.1, -0.05) is 0 Å². The van der Waals surface area contributed by atoms with Gasteiger partial charge in [0.15, 0.2) is 0 Å². The fraction of sp³-hybridized carbons (Fsp3) is 1.00. The molecule has 0 aliphatic rings. The van der Waals surface area contributed by atoms with Crippen molar-refractivity contribution in [2.45, 2.75) is 25.4 Å². The molecule has 0 spiro atoms. The fourth-order valence-electron chi connectivity index (χ4n) is 0.645. The van der Waals surface area contributed by atoms with Gasteiger partial charge >= 0.3 is 12.3 Å². The van der Waals surface area contributed by atoms with Gasteiger partial charge in [0.05, 0.1) is 13.2 Å². The summed E-state index contributed by atoms with van der Waals surface area (Å²) < 4.78 is 79.6. The van der Waals surface area contributed by atoms with Crippen molar-refractivity contribution >= 4 is 0 Å². The average Bonchev–Trinajstić information content (AvgIpc) is 2.10. The van der Waals surface area contributed by atoms with E-state index in [0.717, 1.165) is 0 Å². The first kappa shape index (κ1) is 14.5. The first-order valence-electron chi connectivity index (χ1n) is 4.02. The van der Waals surface area contributed by atoms with Crippen LogP contribution in [0.1, 0.15) is 6.92 Å². The summed E-state index contributed by atoms with van der Waals surface area (Å²) in [5.41, 5.74) is 0. The van der Waals surface area contributed by atoms with E-state index >= 15 is 0 Å².